The number of hydrogen-bond donors (Lipinski definition) is 0. The van der Waals surface area contributed by atoms with E-state index in [2.05, 4.69) is 0 Å². The van der Waals surface area contributed by atoms with E-state index < -0.39 is 15.4 Å². The molecule has 33 heavy (non-hydrogen) atoms. The molecule has 0 atom stereocenters. The molecule has 0 aliphatic heterocycles. The number of ketones is 1. The number of sulfonamides is 1. The van der Waals surface area contributed by atoms with Crippen LogP contribution in [0.3, 0.4) is 0 Å². The number of benzene rings is 3. The summed E-state index contributed by atoms with van der Waals surface area (Å²) >= 11 is 0. The van der Waals surface area contributed by atoms with Crippen molar-refractivity contribution in [1.82, 2.24) is 4.31 Å². The van der Waals surface area contributed by atoms with Gasteiger partial charge in [0.15, 0.2) is 5.78 Å². The SMILES string of the molecule is CS(=O)(=O)N(C1=C(c2ccccc2)C2CC1(C(=O)c1ccc3ccccc3c1)C2)C1CCC1. The second-order valence-electron chi connectivity index (χ2n) is 9.85. The highest BCUT2D eigenvalue weighted by Crippen LogP contribution is 2.67. The Balaban J connectivity index is 1.53. The summed E-state index contributed by atoms with van der Waals surface area (Å²) in [5.41, 5.74) is 2.75. The van der Waals surface area contributed by atoms with Gasteiger partial charge in [0.2, 0.25) is 10.0 Å². The fraction of sp³-hybridized carbons (Fsp3) is 0.321. The molecule has 0 spiro atoms. The summed E-state index contributed by atoms with van der Waals surface area (Å²) in [5, 5.41) is 2.12. The standard InChI is InChI=1S/C28H27NO3S/c1-33(31,32)29(24-12-7-13-24)26-25(20-9-3-2-4-10-20)23-17-28(26,18-23)27(30)22-15-14-19-8-5-6-11-21(19)16-22/h2-6,8-11,14-16,23-24H,7,12-13,17-18H2,1H3. The van der Waals surface area contributed by atoms with Crippen LogP contribution in [0.2, 0.25) is 0 Å². The van der Waals surface area contributed by atoms with Crippen molar-refractivity contribution in [2.45, 2.75) is 38.1 Å². The molecule has 0 unspecified atom stereocenters. The molecule has 2 saturated carbocycles. The van der Waals surface area contributed by atoms with E-state index in [9.17, 15) is 13.2 Å². The predicted octanol–water partition coefficient (Wildman–Crippen LogP) is 5.66. The van der Waals surface area contributed by atoms with Crippen molar-refractivity contribution in [3.05, 3.63) is 89.6 Å². The van der Waals surface area contributed by atoms with Crippen LogP contribution in [0.15, 0.2) is 78.5 Å². The molecule has 0 amide bonds. The van der Waals surface area contributed by atoms with Gasteiger partial charge in [0.1, 0.15) is 0 Å². The maximum absolute atomic E-state index is 14.1. The summed E-state index contributed by atoms with van der Waals surface area (Å²) in [6, 6.07) is 23.9. The molecule has 4 aliphatic rings. The molecule has 0 aromatic heterocycles. The van der Waals surface area contributed by atoms with Gasteiger partial charge in [0.25, 0.3) is 0 Å². The number of Topliss-reactive ketones (excluding diaryl/α,β-unsaturated/α-hetero) is 1. The van der Waals surface area contributed by atoms with E-state index in [1.807, 2.05) is 72.8 Å². The van der Waals surface area contributed by atoms with E-state index >= 15 is 0 Å². The zero-order valence-corrected chi connectivity index (χ0v) is 19.5. The first-order valence-corrected chi connectivity index (χ1v) is 13.6. The van der Waals surface area contributed by atoms with Crippen LogP contribution in [0.1, 0.15) is 48.0 Å². The first-order valence-electron chi connectivity index (χ1n) is 11.7. The summed E-state index contributed by atoms with van der Waals surface area (Å²) in [6.45, 7) is 0. The Bertz CT molecular complexity index is 1400. The van der Waals surface area contributed by atoms with Gasteiger partial charge < -0.3 is 0 Å². The topological polar surface area (TPSA) is 54.5 Å². The van der Waals surface area contributed by atoms with Gasteiger partial charge in [-0.25, -0.2) is 8.42 Å². The number of rotatable bonds is 6. The minimum atomic E-state index is -3.52. The van der Waals surface area contributed by atoms with Gasteiger partial charge in [-0.2, -0.15) is 0 Å². The van der Waals surface area contributed by atoms with E-state index in [0.717, 1.165) is 46.9 Å². The van der Waals surface area contributed by atoms with Gasteiger partial charge in [-0.3, -0.25) is 9.10 Å². The van der Waals surface area contributed by atoms with Crippen molar-refractivity contribution < 1.29 is 13.2 Å². The van der Waals surface area contributed by atoms with Crippen molar-refractivity contribution in [2.75, 3.05) is 6.26 Å². The zero-order valence-electron chi connectivity index (χ0n) is 18.7. The van der Waals surface area contributed by atoms with Crippen LogP contribution in [0.5, 0.6) is 0 Å². The van der Waals surface area contributed by atoms with Crippen LogP contribution < -0.4 is 0 Å². The van der Waals surface area contributed by atoms with Crippen LogP contribution in [-0.4, -0.2) is 30.8 Å². The quantitative estimate of drug-likeness (QED) is 0.449. The molecule has 2 fully saturated rings. The minimum Gasteiger partial charge on any atom is -0.293 e. The van der Waals surface area contributed by atoms with E-state index in [1.54, 1.807) is 4.31 Å². The average Bonchev–Trinajstić information content (AvgIpc) is 3.25. The van der Waals surface area contributed by atoms with Crippen LogP contribution in [0.25, 0.3) is 16.3 Å². The molecule has 168 valence electrons. The number of nitrogens with zero attached hydrogens (tertiary/aromatic N) is 1. The maximum atomic E-state index is 14.1. The molecule has 7 rings (SSSR count). The lowest BCUT2D eigenvalue weighted by Gasteiger charge is -2.46. The highest BCUT2D eigenvalue weighted by Gasteiger charge is 2.64. The zero-order chi connectivity index (χ0) is 22.8. The average molecular weight is 458 g/mol. The lowest BCUT2D eigenvalue weighted by Crippen LogP contribution is -2.50. The highest BCUT2D eigenvalue weighted by atomic mass is 32.2. The van der Waals surface area contributed by atoms with Crippen molar-refractivity contribution in [3.8, 4) is 0 Å². The number of carbonyl (C=O) groups is 1. The summed E-state index contributed by atoms with van der Waals surface area (Å²) < 4.78 is 27.9. The Kier molecular flexibility index (Phi) is 4.57. The van der Waals surface area contributed by atoms with Crippen LogP contribution in [0.4, 0.5) is 0 Å². The van der Waals surface area contributed by atoms with Crippen LogP contribution >= 0.6 is 0 Å². The van der Waals surface area contributed by atoms with Gasteiger partial charge in [0, 0.05) is 17.3 Å². The second kappa shape index (κ2) is 7.29. The third-order valence-corrected chi connectivity index (χ3v) is 9.02. The van der Waals surface area contributed by atoms with E-state index in [0.29, 0.717) is 18.4 Å². The summed E-state index contributed by atoms with van der Waals surface area (Å²) in [4.78, 5) is 14.1. The Morgan fingerprint density at radius 3 is 2.21 bits per heavy atom. The molecule has 0 radical (unpaired) electrons. The van der Waals surface area contributed by atoms with E-state index in [4.69, 9.17) is 0 Å². The molecule has 3 aromatic carbocycles. The minimum absolute atomic E-state index is 0.0469. The second-order valence-corrected chi connectivity index (χ2v) is 11.7. The lowest BCUT2D eigenvalue weighted by molar-refractivity contribution is 0.0624. The fourth-order valence-electron chi connectivity index (χ4n) is 6.09. The molecule has 0 N–H and O–H groups in total. The van der Waals surface area contributed by atoms with Gasteiger partial charge >= 0.3 is 0 Å². The fourth-order valence-corrected chi connectivity index (χ4v) is 7.45. The third kappa shape index (κ3) is 3.09. The van der Waals surface area contributed by atoms with Gasteiger partial charge in [0.05, 0.1) is 11.7 Å². The number of allylic oxidation sites excluding steroid dienone is 2. The largest absolute Gasteiger partial charge is 0.293 e. The Labute approximate surface area is 195 Å². The summed E-state index contributed by atoms with van der Waals surface area (Å²) in [7, 11) is -3.52. The van der Waals surface area contributed by atoms with Crippen molar-refractivity contribution >= 4 is 32.2 Å². The van der Waals surface area contributed by atoms with E-state index in [1.165, 1.54) is 6.26 Å². The van der Waals surface area contributed by atoms with Crippen molar-refractivity contribution in [3.63, 3.8) is 0 Å². The number of hydrogen-bond acceptors (Lipinski definition) is 3. The molecule has 0 heterocycles. The molecule has 2 bridgehead atoms. The number of carbonyl (C=O) groups excluding carboxylic acids is 1. The van der Waals surface area contributed by atoms with Gasteiger partial charge in [-0.15, -0.1) is 0 Å². The molecule has 5 heteroatoms. The van der Waals surface area contributed by atoms with E-state index in [-0.39, 0.29) is 17.7 Å². The van der Waals surface area contributed by atoms with Crippen molar-refractivity contribution in [2.24, 2.45) is 11.3 Å². The molecular formula is C28H27NO3S. The lowest BCUT2D eigenvalue weighted by atomic mass is 9.62. The first-order chi connectivity index (χ1) is 15.9. The summed E-state index contributed by atoms with van der Waals surface area (Å²) in [5.74, 6) is 0.273. The third-order valence-electron chi connectivity index (χ3n) is 7.82. The first kappa shape index (κ1) is 20.7. The molecule has 0 saturated heterocycles. The smallest absolute Gasteiger partial charge is 0.232 e. The molecular weight excluding hydrogens is 430 g/mol. The molecule has 4 aliphatic carbocycles. The monoisotopic (exact) mass is 457 g/mol. The highest BCUT2D eigenvalue weighted by molar-refractivity contribution is 7.88. The Morgan fingerprint density at radius 1 is 0.909 bits per heavy atom. The van der Waals surface area contributed by atoms with Crippen LogP contribution in [-0.2, 0) is 10.0 Å². The van der Waals surface area contributed by atoms with Gasteiger partial charge in [-0.05, 0) is 66.0 Å². The predicted molar refractivity (Wildman–Crippen MR) is 131 cm³/mol. The number of fused-ring (bicyclic) bond motifs is 1. The molecule has 4 nitrogen and oxygen atoms in total. The Morgan fingerprint density at radius 2 is 1.58 bits per heavy atom. The van der Waals surface area contributed by atoms with Gasteiger partial charge in [-0.1, -0.05) is 66.7 Å². The molecule has 3 aromatic rings. The van der Waals surface area contributed by atoms with Crippen LogP contribution in [0, 0.1) is 11.3 Å². The van der Waals surface area contributed by atoms with Crippen molar-refractivity contribution in [1.29, 1.82) is 0 Å². The maximum Gasteiger partial charge on any atom is 0.232 e. The summed E-state index contributed by atoms with van der Waals surface area (Å²) in [6.07, 6.45) is 5.41. The normalized spacial score (nSPS) is 24.5. The Hall–Kier alpha value is -2.92.